The molecule has 80 valence electrons. The Morgan fingerprint density at radius 2 is 1.86 bits per heavy atom. The van der Waals surface area contributed by atoms with Crippen molar-refractivity contribution in [3.8, 4) is 0 Å². The van der Waals surface area contributed by atoms with Crippen LogP contribution < -0.4 is 0 Å². The fourth-order valence-electron chi connectivity index (χ4n) is 1.77. The SMILES string of the molecule is CCCCn1c(CO)ccc1CCC. The molecule has 0 atom stereocenters. The highest BCUT2D eigenvalue weighted by molar-refractivity contribution is 5.16. The number of hydrogen-bond donors (Lipinski definition) is 1. The van der Waals surface area contributed by atoms with Crippen LogP contribution in [0.4, 0.5) is 0 Å². The number of aliphatic hydroxyl groups excluding tert-OH is 1. The zero-order valence-electron chi connectivity index (χ0n) is 9.29. The maximum Gasteiger partial charge on any atom is 0.0832 e. The quantitative estimate of drug-likeness (QED) is 0.742. The topological polar surface area (TPSA) is 25.2 Å². The van der Waals surface area contributed by atoms with E-state index < -0.39 is 0 Å². The molecular formula is C12H21NO. The van der Waals surface area contributed by atoms with Crippen molar-refractivity contribution >= 4 is 0 Å². The first kappa shape index (κ1) is 11.3. The molecule has 0 bridgehead atoms. The molecule has 0 radical (unpaired) electrons. The normalized spacial score (nSPS) is 10.8. The second-order valence-electron chi connectivity index (χ2n) is 3.73. The zero-order valence-corrected chi connectivity index (χ0v) is 9.29. The van der Waals surface area contributed by atoms with Crippen molar-refractivity contribution in [1.82, 2.24) is 4.57 Å². The molecule has 14 heavy (non-hydrogen) atoms. The van der Waals surface area contributed by atoms with Crippen molar-refractivity contribution in [1.29, 1.82) is 0 Å². The van der Waals surface area contributed by atoms with Gasteiger partial charge in [0.05, 0.1) is 6.61 Å². The van der Waals surface area contributed by atoms with Gasteiger partial charge in [0.15, 0.2) is 0 Å². The van der Waals surface area contributed by atoms with Crippen molar-refractivity contribution in [3.63, 3.8) is 0 Å². The number of aliphatic hydroxyl groups is 1. The Balaban J connectivity index is 2.76. The molecule has 2 nitrogen and oxygen atoms in total. The minimum Gasteiger partial charge on any atom is -0.390 e. The summed E-state index contributed by atoms with van der Waals surface area (Å²) < 4.78 is 2.27. The van der Waals surface area contributed by atoms with E-state index in [1.165, 1.54) is 25.0 Å². The van der Waals surface area contributed by atoms with Crippen molar-refractivity contribution < 1.29 is 5.11 Å². The fourth-order valence-corrected chi connectivity index (χ4v) is 1.77. The molecule has 1 aromatic rings. The van der Waals surface area contributed by atoms with Gasteiger partial charge in [0, 0.05) is 17.9 Å². The van der Waals surface area contributed by atoms with Gasteiger partial charge in [-0.2, -0.15) is 0 Å². The first-order valence-corrected chi connectivity index (χ1v) is 5.61. The van der Waals surface area contributed by atoms with Crippen LogP contribution in [0.25, 0.3) is 0 Å². The van der Waals surface area contributed by atoms with E-state index in [0.29, 0.717) is 0 Å². The van der Waals surface area contributed by atoms with Gasteiger partial charge in [0.1, 0.15) is 0 Å². The van der Waals surface area contributed by atoms with E-state index in [9.17, 15) is 5.11 Å². The van der Waals surface area contributed by atoms with Crippen molar-refractivity contribution in [3.05, 3.63) is 23.5 Å². The summed E-state index contributed by atoms with van der Waals surface area (Å²) in [5.41, 5.74) is 2.42. The van der Waals surface area contributed by atoms with Crippen LogP contribution in [0.15, 0.2) is 12.1 Å². The van der Waals surface area contributed by atoms with Crippen LogP contribution in [-0.2, 0) is 19.6 Å². The first-order valence-electron chi connectivity index (χ1n) is 5.61. The summed E-state index contributed by atoms with van der Waals surface area (Å²) in [7, 11) is 0. The minimum atomic E-state index is 0.160. The molecule has 0 aliphatic carbocycles. The Labute approximate surface area is 86.6 Å². The zero-order chi connectivity index (χ0) is 10.4. The number of aryl methyl sites for hydroxylation is 1. The average Bonchev–Trinajstić information content (AvgIpc) is 2.58. The third-order valence-corrected chi connectivity index (χ3v) is 2.56. The highest BCUT2D eigenvalue weighted by atomic mass is 16.3. The van der Waals surface area contributed by atoms with Gasteiger partial charge in [-0.15, -0.1) is 0 Å². The lowest BCUT2D eigenvalue weighted by atomic mass is 10.2. The first-order chi connectivity index (χ1) is 6.83. The third-order valence-electron chi connectivity index (χ3n) is 2.56. The Morgan fingerprint density at radius 1 is 1.14 bits per heavy atom. The van der Waals surface area contributed by atoms with Gasteiger partial charge in [-0.1, -0.05) is 26.7 Å². The molecule has 1 rings (SSSR count). The predicted octanol–water partition coefficient (Wildman–Crippen LogP) is 2.73. The van der Waals surface area contributed by atoms with Crippen molar-refractivity contribution in [2.75, 3.05) is 0 Å². The van der Waals surface area contributed by atoms with Crippen LogP contribution in [-0.4, -0.2) is 9.67 Å². The Kier molecular flexibility index (Phi) is 4.74. The standard InChI is InChI=1S/C12H21NO/c1-3-5-9-13-11(6-4-2)7-8-12(13)10-14/h7-8,14H,3-6,9-10H2,1-2H3. The van der Waals surface area contributed by atoms with Crippen LogP contribution in [0, 0.1) is 0 Å². The average molecular weight is 195 g/mol. The third kappa shape index (κ3) is 2.61. The van der Waals surface area contributed by atoms with Gasteiger partial charge in [-0.25, -0.2) is 0 Å². The summed E-state index contributed by atoms with van der Waals surface area (Å²) in [6.45, 7) is 5.60. The smallest absolute Gasteiger partial charge is 0.0832 e. The molecule has 0 unspecified atom stereocenters. The number of rotatable bonds is 6. The monoisotopic (exact) mass is 195 g/mol. The molecule has 1 heterocycles. The summed E-state index contributed by atoms with van der Waals surface area (Å²) in [6, 6.07) is 4.19. The van der Waals surface area contributed by atoms with Crippen molar-refractivity contribution in [2.45, 2.75) is 52.7 Å². The van der Waals surface area contributed by atoms with E-state index in [2.05, 4.69) is 24.5 Å². The Bertz CT molecular complexity index is 265. The number of nitrogens with zero attached hydrogens (tertiary/aromatic N) is 1. The van der Waals surface area contributed by atoms with Gasteiger partial charge >= 0.3 is 0 Å². The van der Waals surface area contributed by atoms with E-state index in [4.69, 9.17) is 0 Å². The number of aromatic nitrogens is 1. The number of unbranched alkanes of at least 4 members (excludes halogenated alkanes) is 1. The largest absolute Gasteiger partial charge is 0.390 e. The highest BCUT2D eigenvalue weighted by Crippen LogP contribution is 2.13. The molecule has 0 fully saturated rings. The molecule has 0 aliphatic heterocycles. The molecule has 0 amide bonds. The Hall–Kier alpha value is -0.760. The van der Waals surface area contributed by atoms with Gasteiger partial charge in [-0.05, 0) is 25.0 Å². The van der Waals surface area contributed by atoms with E-state index >= 15 is 0 Å². The van der Waals surface area contributed by atoms with Gasteiger partial charge < -0.3 is 9.67 Å². The van der Waals surface area contributed by atoms with Crippen LogP contribution in [0.5, 0.6) is 0 Å². The predicted molar refractivity (Wildman–Crippen MR) is 59.3 cm³/mol. The fraction of sp³-hybridized carbons (Fsp3) is 0.667. The maximum atomic E-state index is 9.18. The van der Waals surface area contributed by atoms with E-state index in [-0.39, 0.29) is 6.61 Å². The molecule has 1 N–H and O–H groups in total. The lowest BCUT2D eigenvalue weighted by Crippen LogP contribution is -2.07. The molecule has 0 aromatic carbocycles. The second-order valence-corrected chi connectivity index (χ2v) is 3.73. The molecule has 0 saturated carbocycles. The van der Waals surface area contributed by atoms with Crippen molar-refractivity contribution in [2.24, 2.45) is 0 Å². The lowest BCUT2D eigenvalue weighted by Gasteiger charge is -2.11. The molecule has 0 saturated heterocycles. The van der Waals surface area contributed by atoms with Crippen LogP contribution in [0.1, 0.15) is 44.5 Å². The summed E-state index contributed by atoms with van der Waals surface area (Å²) in [4.78, 5) is 0. The maximum absolute atomic E-state index is 9.18. The van der Waals surface area contributed by atoms with Crippen LogP contribution in [0.2, 0.25) is 0 Å². The van der Waals surface area contributed by atoms with E-state index in [1.54, 1.807) is 0 Å². The summed E-state index contributed by atoms with van der Waals surface area (Å²) in [6.07, 6.45) is 4.68. The van der Waals surface area contributed by atoms with Gasteiger partial charge in [-0.3, -0.25) is 0 Å². The van der Waals surface area contributed by atoms with Gasteiger partial charge in [0.2, 0.25) is 0 Å². The summed E-state index contributed by atoms with van der Waals surface area (Å²) in [5.74, 6) is 0. The minimum absolute atomic E-state index is 0.160. The molecule has 2 heteroatoms. The molecular weight excluding hydrogens is 174 g/mol. The molecule has 1 aromatic heterocycles. The molecule has 0 spiro atoms. The van der Waals surface area contributed by atoms with E-state index in [1.807, 2.05) is 6.07 Å². The highest BCUT2D eigenvalue weighted by Gasteiger charge is 2.05. The summed E-state index contributed by atoms with van der Waals surface area (Å²) >= 11 is 0. The molecule has 0 aliphatic rings. The summed E-state index contributed by atoms with van der Waals surface area (Å²) in [5, 5.41) is 9.18. The van der Waals surface area contributed by atoms with E-state index in [0.717, 1.165) is 18.7 Å². The van der Waals surface area contributed by atoms with Crippen LogP contribution >= 0.6 is 0 Å². The second kappa shape index (κ2) is 5.86. The Morgan fingerprint density at radius 3 is 2.43 bits per heavy atom. The van der Waals surface area contributed by atoms with Gasteiger partial charge in [0.25, 0.3) is 0 Å². The number of hydrogen-bond acceptors (Lipinski definition) is 1. The van der Waals surface area contributed by atoms with Crippen LogP contribution in [0.3, 0.4) is 0 Å². The lowest BCUT2D eigenvalue weighted by molar-refractivity contribution is 0.269.